The third-order valence-electron chi connectivity index (χ3n) is 8.04. The molecule has 0 spiro atoms. The highest BCUT2D eigenvalue weighted by molar-refractivity contribution is 7.19. The van der Waals surface area contributed by atoms with E-state index in [2.05, 4.69) is 46.5 Å². The number of hydrogen-bond donors (Lipinski definition) is 2. The van der Waals surface area contributed by atoms with Crippen molar-refractivity contribution in [2.24, 2.45) is 0 Å². The number of fused-ring (bicyclic) bond motifs is 1. The molecule has 3 N–H and O–H groups in total. The summed E-state index contributed by atoms with van der Waals surface area (Å²) in [6, 6.07) is 10.6. The van der Waals surface area contributed by atoms with Crippen LogP contribution in [0, 0.1) is 0 Å². The van der Waals surface area contributed by atoms with Crippen molar-refractivity contribution < 1.29 is 9.59 Å². The zero-order valence-electron chi connectivity index (χ0n) is 22.0. The van der Waals surface area contributed by atoms with Gasteiger partial charge in [-0.05, 0) is 112 Å². The molecular formula is C29H37N5O2S. The Kier molecular flexibility index (Phi) is 7.49. The second kappa shape index (κ2) is 10.8. The Morgan fingerprint density at radius 3 is 2.68 bits per heavy atom. The third-order valence-corrected chi connectivity index (χ3v) is 9.32. The summed E-state index contributed by atoms with van der Waals surface area (Å²) in [5.74, 6) is -0.0537. The van der Waals surface area contributed by atoms with Gasteiger partial charge in [-0.3, -0.25) is 9.59 Å². The topological polar surface area (TPSA) is 91.6 Å². The van der Waals surface area contributed by atoms with Gasteiger partial charge in [-0.1, -0.05) is 13.0 Å². The van der Waals surface area contributed by atoms with Crippen molar-refractivity contribution in [1.29, 1.82) is 0 Å². The molecule has 2 fully saturated rings. The molecule has 7 nitrogen and oxygen atoms in total. The maximum absolute atomic E-state index is 13.5. The van der Waals surface area contributed by atoms with E-state index in [0.29, 0.717) is 23.8 Å². The molecule has 2 aliphatic rings. The molecule has 2 atom stereocenters. The third kappa shape index (κ3) is 5.36. The molecule has 5 rings (SSSR count). The number of nitrogens with zero attached hydrogens (tertiary/aromatic N) is 3. The number of aromatic nitrogens is 1. The molecule has 2 aliphatic heterocycles. The van der Waals surface area contributed by atoms with Crippen LogP contribution in [0.4, 0.5) is 11.5 Å². The summed E-state index contributed by atoms with van der Waals surface area (Å²) < 4.78 is 1.29. The Morgan fingerprint density at radius 2 is 1.92 bits per heavy atom. The maximum atomic E-state index is 13.5. The lowest BCUT2D eigenvalue weighted by molar-refractivity contribution is -0.148. The number of nitrogens with two attached hydrogens (primary N) is 1. The summed E-state index contributed by atoms with van der Waals surface area (Å²) >= 11 is 1.90. The van der Waals surface area contributed by atoms with Gasteiger partial charge in [0.2, 0.25) is 0 Å². The Balaban J connectivity index is 1.37. The maximum Gasteiger partial charge on any atom is 0.313 e. The Hall–Kier alpha value is -2.97. The van der Waals surface area contributed by atoms with E-state index in [9.17, 15) is 9.59 Å². The van der Waals surface area contributed by atoms with Gasteiger partial charge in [-0.15, -0.1) is 11.3 Å². The van der Waals surface area contributed by atoms with Crippen LogP contribution in [-0.4, -0.2) is 52.8 Å². The van der Waals surface area contributed by atoms with Gasteiger partial charge in [0.1, 0.15) is 5.82 Å². The lowest BCUT2D eigenvalue weighted by Gasteiger charge is -2.40. The molecular weight excluding hydrogens is 482 g/mol. The summed E-state index contributed by atoms with van der Waals surface area (Å²) in [5.41, 5.74) is 8.34. The number of aryl methyl sites for hydroxylation is 1. The smallest absolute Gasteiger partial charge is 0.313 e. The molecule has 2 amide bonds. The van der Waals surface area contributed by atoms with Gasteiger partial charge >= 0.3 is 11.8 Å². The SMILES string of the molecule is CCc1cc(NC(=O)C(=O)N2C(C)CCCC2c2ccc3sc(C4CCN(C)CC4)cc3c2)cnc1N. The van der Waals surface area contributed by atoms with Gasteiger partial charge in [0.15, 0.2) is 0 Å². The number of nitrogen functional groups attached to an aromatic ring is 1. The van der Waals surface area contributed by atoms with Crippen molar-refractivity contribution in [2.45, 2.75) is 70.4 Å². The largest absolute Gasteiger partial charge is 0.383 e. The van der Waals surface area contributed by atoms with Crippen molar-refractivity contribution in [2.75, 3.05) is 31.2 Å². The molecule has 2 unspecified atom stereocenters. The Morgan fingerprint density at radius 1 is 1.14 bits per heavy atom. The second-order valence-electron chi connectivity index (χ2n) is 10.6. The van der Waals surface area contributed by atoms with Gasteiger partial charge in [0.25, 0.3) is 0 Å². The molecule has 0 aliphatic carbocycles. The number of nitrogens with one attached hydrogen (secondary N) is 1. The monoisotopic (exact) mass is 519 g/mol. The number of carbonyl (C=O) groups excluding carboxylic acids is 2. The molecule has 2 saturated heterocycles. The molecule has 37 heavy (non-hydrogen) atoms. The van der Waals surface area contributed by atoms with Crippen LogP contribution in [-0.2, 0) is 16.0 Å². The van der Waals surface area contributed by atoms with E-state index in [4.69, 9.17) is 5.73 Å². The number of pyridine rings is 1. The molecule has 2 aromatic heterocycles. The van der Waals surface area contributed by atoms with E-state index in [1.807, 2.05) is 25.2 Å². The number of anilines is 2. The number of carbonyl (C=O) groups is 2. The van der Waals surface area contributed by atoms with Crippen LogP contribution in [0.15, 0.2) is 36.5 Å². The average Bonchev–Trinajstić information content (AvgIpc) is 3.33. The predicted molar refractivity (Wildman–Crippen MR) is 151 cm³/mol. The predicted octanol–water partition coefficient (Wildman–Crippen LogP) is 5.33. The molecule has 3 aromatic rings. The fourth-order valence-electron chi connectivity index (χ4n) is 5.82. The van der Waals surface area contributed by atoms with Gasteiger partial charge < -0.3 is 20.9 Å². The van der Waals surface area contributed by atoms with Crippen molar-refractivity contribution in [3.8, 4) is 0 Å². The second-order valence-corrected chi connectivity index (χ2v) is 11.7. The first-order chi connectivity index (χ1) is 17.8. The number of piperidine rings is 2. The minimum Gasteiger partial charge on any atom is -0.383 e. The fourth-order valence-corrected chi connectivity index (χ4v) is 7.03. The van der Waals surface area contributed by atoms with E-state index >= 15 is 0 Å². The zero-order valence-corrected chi connectivity index (χ0v) is 22.8. The summed E-state index contributed by atoms with van der Waals surface area (Å²) in [6.07, 6.45) is 7.38. The van der Waals surface area contributed by atoms with Gasteiger partial charge in [-0.2, -0.15) is 0 Å². The lowest BCUT2D eigenvalue weighted by Crippen LogP contribution is -2.48. The minimum atomic E-state index is -0.631. The Labute approximate surface area is 223 Å². The highest BCUT2D eigenvalue weighted by atomic mass is 32.1. The fraction of sp³-hybridized carbons (Fsp3) is 0.483. The highest BCUT2D eigenvalue weighted by Gasteiger charge is 2.36. The molecule has 196 valence electrons. The molecule has 0 radical (unpaired) electrons. The number of amides is 2. The molecule has 4 heterocycles. The Bertz CT molecular complexity index is 1300. The van der Waals surface area contributed by atoms with Gasteiger partial charge in [0.05, 0.1) is 17.9 Å². The number of rotatable bonds is 4. The number of thiophene rings is 1. The van der Waals surface area contributed by atoms with E-state index in [-0.39, 0.29) is 12.1 Å². The van der Waals surface area contributed by atoms with Crippen LogP contribution < -0.4 is 11.1 Å². The van der Waals surface area contributed by atoms with E-state index in [1.54, 1.807) is 11.0 Å². The van der Waals surface area contributed by atoms with Crippen LogP contribution in [0.5, 0.6) is 0 Å². The summed E-state index contributed by atoms with van der Waals surface area (Å²) in [7, 11) is 2.20. The van der Waals surface area contributed by atoms with Crippen LogP contribution in [0.2, 0.25) is 0 Å². The molecule has 8 heteroatoms. The zero-order chi connectivity index (χ0) is 26.1. The van der Waals surface area contributed by atoms with Crippen LogP contribution >= 0.6 is 11.3 Å². The standard InChI is InChI=1S/C29H37N5O2S/c1-4-19-15-23(17-31-27(19)30)32-28(35)29(36)34-18(2)6-5-7-24(34)21-8-9-25-22(14-21)16-26(37-25)20-10-12-33(3)13-11-20/h8-9,14-18,20,24H,4-7,10-13H2,1-3H3,(H2,30,31)(H,32,35). The van der Waals surface area contributed by atoms with Gasteiger partial charge in [0, 0.05) is 15.6 Å². The van der Waals surface area contributed by atoms with Crippen molar-refractivity contribution in [3.63, 3.8) is 0 Å². The van der Waals surface area contributed by atoms with E-state index in [0.717, 1.165) is 43.5 Å². The number of hydrogen-bond acceptors (Lipinski definition) is 6. The van der Waals surface area contributed by atoms with Crippen molar-refractivity contribution in [3.05, 3.63) is 52.5 Å². The molecule has 0 bridgehead atoms. The molecule has 1 aromatic carbocycles. The van der Waals surface area contributed by atoms with Crippen LogP contribution in [0.3, 0.4) is 0 Å². The first-order valence-electron chi connectivity index (χ1n) is 13.4. The average molecular weight is 520 g/mol. The minimum absolute atomic E-state index is 0.0132. The summed E-state index contributed by atoms with van der Waals surface area (Å²) in [6.45, 7) is 6.31. The van der Waals surface area contributed by atoms with E-state index < -0.39 is 11.8 Å². The molecule has 0 saturated carbocycles. The van der Waals surface area contributed by atoms with Crippen LogP contribution in [0.25, 0.3) is 10.1 Å². The first kappa shape index (κ1) is 25.7. The van der Waals surface area contributed by atoms with Crippen molar-refractivity contribution in [1.82, 2.24) is 14.8 Å². The lowest BCUT2D eigenvalue weighted by atomic mass is 9.90. The van der Waals surface area contributed by atoms with E-state index in [1.165, 1.54) is 34.0 Å². The summed E-state index contributed by atoms with van der Waals surface area (Å²) in [5, 5.41) is 4.00. The summed E-state index contributed by atoms with van der Waals surface area (Å²) in [4.78, 5) is 36.4. The number of likely N-dealkylation sites (tertiary alicyclic amines) is 2. The van der Waals surface area contributed by atoms with Gasteiger partial charge in [-0.25, -0.2) is 4.98 Å². The van der Waals surface area contributed by atoms with Crippen molar-refractivity contribution >= 4 is 44.7 Å². The highest BCUT2D eigenvalue weighted by Crippen LogP contribution is 2.40. The number of benzene rings is 1. The quantitative estimate of drug-likeness (QED) is 0.455. The normalized spacial score (nSPS) is 21.3. The first-order valence-corrected chi connectivity index (χ1v) is 14.3. The van der Waals surface area contributed by atoms with Crippen LogP contribution in [0.1, 0.15) is 73.9 Å².